The van der Waals surface area contributed by atoms with E-state index in [1.165, 1.54) is 0 Å². The zero-order chi connectivity index (χ0) is 17.3. The highest BCUT2D eigenvalue weighted by molar-refractivity contribution is 14.1. The molecule has 0 aromatic heterocycles. The number of ketones is 1. The molecule has 2 aromatic rings. The largest absolute Gasteiger partial charge is 0.439 e. The maximum atomic E-state index is 12.6. The van der Waals surface area contributed by atoms with Crippen LogP contribution >= 0.6 is 45.2 Å². The molecule has 24 heavy (non-hydrogen) atoms. The molecule has 0 saturated heterocycles. The predicted molar refractivity (Wildman–Crippen MR) is 107 cm³/mol. The van der Waals surface area contributed by atoms with Crippen molar-refractivity contribution in [1.82, 2.24) is 0 Å². The second kappa shape index (κ2) is 7.11. The number of rotatable bonds is 3. The maximum absolute atomic E-state index is 12.6. The van der Waals surface area contributed by atoms with E-state index in [4.69, 9.17) is 10.5 Å². The van der Waals surface area contributed by atoms with Crippen LogP contribution in [0, 0.1) is 18.5 Å². The predicted octanol–water partition coefficient (Wildman–Crippen LogP) is 4.34. The van der Waals surface area contributed by atoms with Crippen LogP contribution in [0.5, 0.6) is 5.75 Å². The summed E-state index contributed by atoms with van der Waals surface area (Å²) >= 11 is 4.39. The van der Waals surface area contributed by atoms with Crippen molar-refractivity contribution in [3.05, 3.63) is 72.2 Å². The quantitative estimate of drug-likeness (QED) is 0.463. The van der Waals surface area contributed by atoms with Crippen LogP contribution in [-0.2, 0) is 0 Å². The number of carbonyl (C=O) groups is 1. The van der Waals surface area contributed by atoms with Gasteiger partial charge in [-0.15, -0.1) is 0 Å². The van der Waals surface area contributed by atoms with Gasteiger partial charge in [-0.3, -0.25) is 4.79 Å². The Morgan fingerprint density at radius 2 is 1.96 bits per heavy atom. The number of nitrogens with two attached hydrogens (primary N) is 1. The molecule has 3 rings (SSSR count). The number of halogens is 2. The van der Waals surface area contributed by atoms with Crippen molar-refractivity contribution >= 4 is 51.0 Å². The van der Waals surface area contributed by atoms with E-state index < -0.39 is 5.92 Å². The first-order chi connectivity index (χ1) is 11.5. The van der Waals surface area contributed by atoms with Crippen molar-refractivity contribution in [2.24, 2.45) is 5.73 Å². The first kappa shape index (κ1) is 17.2. The van der Waals surface area contributed by atoms with Crippen LogP contribution in [0.2, 0.25) is 0 Å². The number of hydrogen-bond donors (Lipinski definition) is 1. The number of Topliss-reactive ketones (excluding diaryl/α,β-unsaturated/α-hetero) is 1. The molecule has 0 radical (unpaired) electrons. The minimum Gasteiger partial charge on any atom is -0.439 e. The van der Waals surface area contributed by atoms with Crippen LogP contribution < -0.4 is 10.5 Å². The van der Waals surface area contributed by atoms with E-state index in [1.807, 2.05) is 30.3 Å². The van der Waals surface area contributed by atoms with Crippen LogP contribution in [0.1, 0.15) is 28.3 Å². The fourth-order valence-electron chi connectivity index (χ4n) is 2.71. The Balaban J connectivity index is 2.05. The molecule has 2 aromatic carbocycles. The number of carbonyl (C=O) groups excluding carboxylic acids is 1. The molecule has 1 aliphatic rings. The lowest BCUT2D eigenvalue weighted by molar-refractivity contribution is 0.0976. The highest BCUT2D eigenvalue weighted by Crippen LogP contribution is 2.43. The molecule has 1 aliphatic heterocycles. The molecule has 1 atom stereocenters. The van der Waals surface area contributed by atoms with Gasteiger partial charge in [0, 0.05) is 27.0 Å². The summed E-state index contributed by atoms with van der Waals surface area (Å²) in [6.45, 7) is 0. The Morgan fingerprint density at radius 3 is 2.62 bits per heavy atom. The number of nitrogens with zero attached hydrogens (tertiary/aromatic N) is 1. The van der Waals surface area contributed by atoms with Crippen molar-refractivity contribution in [1.29, 1.82) is 5.26 Å². The van der Waals surface area contributed by atoms with Gasteiger partial charge in [-0.25, -0.2) is 0 Å². The lowest BCUT2D eigenvalue weighted by Crippen LogP contribution is -2.23. The van der Waals surface area contributed by atoms with Crippen molar-refractivity contribution in [3.63, 3.8) is 0 Å². The molecule has 0 fully saturated rings. The summed E-state index contributed by atoms with van der Waals surface area (Å²) in [5.41, 5.74) is 7.71. The standard InChI is InChI=1S/C18H12I2N2O2/c19-11-6-13-12(8-16(23)10-4-2-1-3-5-10)14(9-21)18(22)24-17(13)15(20)7-11/h1-7,12H,8,22H2. The molecule has 0 spiro atoms. The molecule has 4 nitrogen and oxygen atoms in total. The number of allylic oxidation sites excluding steroid dienone is 1. The molecule has 0 aliphatic carbocycles. The second-order valence-electron chi connectivity index (χ2n) is 5.34. The lowest BCUT2D eigenvalue weighted by Gasteiger charge is -2.26. The van der Waals surface area contributed by atoms with Gasteiger partial charge < -0.3 is 10.5 Å². The zero-order valence-electron chi connectivity index (χ0n) is 12.4. The topological polar surface area (TPSA) is 76.1 Å². The zero-order valence-corrected chi connectivity index (χ0v) is 16.7. The van der Waals surface area contributed by atoms with Crippen molar-refractivity contribution in [2.75, 3.05) is 0 Å². The van der Waals surface area contributed by atoms with E-state index in [0.717, 1.165) is 12.7 Å². The molecule has 0 amide bonds. The smallest absolute Gasteiger partial charge is 0.205 e. The summed E-state index contributed by atoms with van der Waals surface area (Å²) < 4.78 is 7.58. The molecule has 6 heteroatoms. The van der Waals surface area contributed by atoms with Crippen LogP contribution in [0.15, 0.2) is 53.9 Å². The monoisotopic (exact) mass is 542 g/mol. The average Bonchev–Trinajstić information content (AvgIpc) is 2.57. The molecular formula is C18H12I2N2O2. The first-order valence-corrected chi connectivity index (χ1v) is 9.31. The number of hydrogen-bond acceptors (Lipinski definition) is 4. The van der Waals surface area contributed by atoms with Crippen molar-refractivity contribution in [3.8, 4) is 11.8 Å². The number of nitriles is 1. The van der Waals surface area contributed by atoms with Crippen LogP contribution in [-0.4, -0.2) is 5.78 Å². The van der Waals surface area contributed by atoms with Crippen LogP contribution in [0.4, 0.5) is 0 Å². The first-order valence-electron chi connectivity index (χ1n) is 7.16. The number of fused-ring (bicyclic) bond motifs is 1. The Kier molecular flexibility index (Phi) is 5.10. The Hall–Kier alpha value is -1.60. The van der Waals surface area contributed by atoms with Gasteiger partial charge >= 0.3 is 0 Å². The van der Waals surface area contributed by atoms with Crippen molar-refractivity contribution in [2.45, 2.75) is 12.3 Å². The van der Waals surface area contributed by atoms with Crippen molar-refractivity contribution < 1.29 is 9.53 Å². The summed E-state index contributed by atoms with van der Waals surface area (Å²) in [6.07, 6.45) is 0.181. The molecule has 0 bridgehead atoms. The third-order valence-electron chi connectivity index (χ3n) is 3.84. The van der Waals surface area contributed by atoms with Gasteiger partial charge in [-0.2, -0.15) is 5.26 Å². The van der Waals surface area contributed by atoms with Gasteiger partial charge in [0.25, 0.3) is 0 Å². The lowest BCUT2D eigenvalue weighted by atomic mass is 9.84. The molecular weight excluding hydrogens is 530 g/mol. The van der Waals surface area contributed by atoms with Crippen LogP contribution in [0.3, 0.4) is 0 Å². The number of benzene rings is 2. The van der Waals surface area contributed by atoms with Gasteiger partial charge in [-0.05, 0) is 57.3 Å². The van der Waals surface area contributed by atoms with Gasteiger partial charge in [-0.1, -0.05) is 30.3 Å². The minimum atomic E-state index is -0.394. The summed E-state index contributed by atoms with van der Waals surface area (Å²) in [7, 11) is 0. The second-order valence-corrected chi connectivity index (χ2v) is 7.75. The van der Waals surface area contributed by atoms with E-state index in [2.05, 4.69) is 51.3 Å². The van der Waals surface area contributed by atoms with Crippen LogP contribution in [0.25, 0.3) is 0 Å². The Bertz CT molecular complexity index is 886. The van der Waals surface area contributed by atoms with E-state index in [1.54, 1.807) is 12.1 Å². The summed E-state index contributed by atoms with van der Waals surface area (Å²) in [5.74, 6) is 0.297. The van der Waals surface area contributed by atoms with Gasteiger partial charge in [0.2, 0.25) is 5.88 Å². The molecule has 1 heterocycles. The molecule has 120 valence electrons. The van der Waals surface area contributed by atoms with Gasteiger partial charge in [0.15, 0.2) is 5.78 Å². The maximum Gasteiger partial charge on any atom is 0.205 e. The normalized spacial score (nSPS) is 16.1. The fourth-order valence-corrected chi connectivity index (χ4v) is 4.71. The summed E-state index contributed by atoms with van der Waals surface area (Å²) in [6, 6.07) is 15.1. The summed E-state index contributed by atoms with van der Waals surface area (Å²) in [5, 5.41) is 9.50. The third-order valence-corrected chi connectivity index (χ3v) is 5.27. The highest BCUT2D eigenvalue weighted by atomic mass is 127. The molecule has 1 unspecified atom stereocenters. The van der Waals surface area contributed by atoms with Gasteiger partial charge in [0.1, 0.15) is 11.8 Å². The SMILES string of the molecule is N#CC1=C(N)Oc2c(I)cc(I)cc2C1CC(=O)c1ccccc1. The molecule has 2 N–H and O–H groups in total. The fraction of sp³-hybridized carbons (Fsp3) is 0.111. The molecule has 0 saturated carbocycles. The average molecular weight is 542 g/mol. The Morgan fingerprint density at radius 1 is 1.25 bits per heavy atom. The number of ether oxygens (including phenoxy) is 1. The minimum absolute atomic E-state index is 0.0251. The van der Waals surface area contributed by atoms with Gasteiger partial charge in [0.05, 0.1) is 9.14 Å². The third kappa shape index (κ3) is 3.28. The Labute approximate surface area is 167 Å². The summed E-state index contributed by atoms with van der Waals surface area (Å²) in [4.78, 5) is 12.6. The highest BCUT2D eigenvalue weighted by Gasteiger charge is 2.32. The van der Waals surface area contributed by atoms with E-state index >= 15 is 0 Å². The van der Waals surface area contributed by atoms with E-state index in [9.17, 15) is 10.1 Å². The van der Waals surface area contributed by atoms with E-state index in [-0.39, 0.29) is 18.1 Å². The van der Waals surface area contributed by atoms with E-state index in [0.29, 0.717) is 16.9 Å².